The number of nitro benzene ring substituents is 1. The maximum absolute atomic E-state index is 12.8. The first-order valence-electron chi connectivity index (χ1n) is 8.14. The second-order valence-corrected chi connectivity index (χ2v) is 7.02. The van der Waals surface area contributed by atoms with Crippen LogP contribution in [0.3, 0.4) is 0 Å². The molecule has 0 saturated heterocycles. The lowest BCUT2D eigenvalue weighted by atomic mass is 10.0. The molecular formula is C17H23N3O7. The molecule has 0 heterocycles. The number of carboxylic acid groups (broad SMARTS) is 2. The van der Waals surface area contributed by atoms with Gasteiger partial charge in [-0.05, 0) is 46.2 Å². The zero-order valence-electron chi connectivity index (χ0n) is 15.6. The number of rotatable bonds is 7. The normalized spacial score (nSPS) is 12.1. The van der Waals surface area contributed by atoms with Crippen LogP contribution in [-0.2, 0) is 9.59 Å². The number of carbonyl (C=O) groups is 3. The van der Waals surface area contributed by atoms with Gasteiger partial charge >= 0.3 is 18.0 Å². The minimum atomic E-state index is -1.35. The van der Waals surface area contributed by atoms with E-state index in [1.165, 1.54) is 25.1 Å². The average molecular weight is 381 g/mol. The molecule has 148 valence electrons. The van der Waals surface area contributed by atoms with Gasteiger partial charge < -0.3 is 20.4 Å². The summed E-state index contributed by atoms with van der Waals surface area (Å²) >= 11 is 0. The molecule has 0 saturated carbocycles. The summed E-state index contributed by atoms with van der Waals surface area (Å²) in [7, 11) is 0. The first-order valence-corrected chi connectivity index (χ1v) is 8.14. The minimum absolute atomic E-state index is 0.106. The first-order chi connectivity index (χ1) is 12.3. The molecule has 0 unspecified atom stereocenters. The molecule has 1 aromatic rings. The van der Waals surface area contributed by atoms with E-state index in [0.717, 1.165) is 4.90 Å². The number of nitro groups is 1. The second kappa shape index (κ2) is 8.47. The highest BCUT2D eigenvalue weighted by molar-refractivity contribution is 5.93. The van der Waals surface area contributed by atoms with Gasteiger partial charge in [0.2, 0.25) is 0 Å². The maximum Gasteiger partial charge on any atom is 0.326 e. The minimum Gasteiger partial charge on any atom is -0.481 e. The Morgan fingerprint density at radius 1 is 1.26 bits per heavy atom. The van der Waals surface area contributed by atoms with Crippen LogP contribution in [0.2, 0.25) is 0 Å². The maximum atomic E-state index is 12.8. The summed E-state index contributed by atoms with van der Waals surface area (Å²) in [5.41, 5.74) is -0.424. The number of amides is 2. The van der Waals surface area contributed by atoms with E-state index < -0.39 is 40.9 Å². The van der Waals surface area contributed by atoms with Crippen molar-refractivity contribution in [2.45, 2.75) is 52.1 Å². The van der Waals surface area contributed by atoms with E-state index in [4.69, 9.17) is 5.11 Å². The number of hydrogen-bond acceptors (Lipinski definition) is 5. The van der Waals surface area contributed by atoms with Crippen LogP contribution >= 0.6 is 0 Å². The summed E-state index contributed by atoms with van der Waals surface area (Å²) in [4.78, 5) is 46.6. The number of carbonyl (C=O) groups excluding carboxylic acids is 1. The molecule has 27 heavy (non-hydrogen) atoms. The van der Waals surface area contributed by atoms with Gasteiger partial charge in [0.25, 0.3) is 5.69 Å². The third kappa shape index (κ3) is 5.94. The molecule has 0 spiro atoms. The zero-order chi connectivity index (χ0) is 20.9. The number of nitrogens with zero attached hydrogens (tertiary/aromatic N) is 2. The summed E-state index contributed by atoms with van der Waals surface area (Å²) in [6, 6.07) is 1.90. The fourth-order valence-electron chi connectivity index (χ4n) is 2.66. The molecule has 0 bridgehead atoms. The summed E-state index contributed by atoms with van der Waals surface area (Å²) in [6.45, 7) is 6.40. The van der Waals surface area contributed by atoms with Crippen molar-refractivity contribution in [2.24, 2.45) is 0 Å². The van der Waals surface area contributed by atoms with Gasteiger partial charge in [0.05, 0.1) is 4.92 Å². The van der Waals surface area contributed by atoms with Crippen LogP contribution in [0.5, 0.6) is 0 Å². The lowest BCUT2D eigenvalue weighted by Crippen LogP contribution is -2.56. The van der Waals surface area contributed by atoms with E-state index in [2.05, 4.69) is 5.32 Å². The number of aliphatic carboxylic acids is 2. The van der Waals surface area contributed by atoms with Gasteiger partial charge in [0.15, 0.2) is 0 Å². The molecular weight excluding hydrogens is 358 g/mol. The van der Waals surface area contributed by atoms with E-state index in [-0.39, 0.29) is 17.8 Å². The fraction of sp³-hybridized carbons (Fsp3) is 0.471. The Bertz CT molecular complexity index is 755. The lowest BCUT2D eigenvalue weighted by molar-refractivity contribution is -0.385. The van der Waals surface area contributed by atoms with Crippen molar-refractivity contribution in [3.05, 3.63) is 33.9 Å². The van der Waals surface area contributed by atoms with Crippen LogP contribution in [0.1, 0.15) is 39.2 Å². The molecule has 1 rings (SSSR count). The second-order valence-electron chi connectivity index (χ2n) is 7.02. The summed E-state index contributed by atoms with van der Waals surface area (Å²) in [6.07, 6.45) is -0.665. The van der Waals surface area contributed by atoms with Gasteiger partial charge in [0, 0.05) is 29.3 Å². The SMILES string of the molecule is Cc1cc(NC(=O)N([C@@H](CCC(=O)O)C(=O)O)C(C)(C)C)ccc1[N+](=O)[O-]. The molecule has 0 aromatic heterocycles. The topological polar surface area (TPSA) is 150 Å². The van der Waals surface area contributed by atoms with Crippen LogP contribution in [0.4, 0.5) is 16.2 Å². The largest absolute Gasteiger partial charge is 0.481 e. The highest BCUT2D eigenvalue weighted by Crippen LogP contribution is 2.25. The number of benzene rings is 1. The number of hydrogen-bond donors (Lipinski definition) is 3. The lowest BCUT2D eigenvalue weighted by Gasteiger charge is -2.39. The molecule has 3 N–H and O–H groups in total. The van der Waals surface area contributed by atoms with E-state index in [1.54, 1.807) is 20.8 Å². The van der Waals surface area contributed by atoms with Crippen LogP contribution < -0.4 is 5.32 Å². The van der Waals surface area contributed by atoms with Gasteiger partial charge in [-0.2, -0.15) is 0 Å². The summed E-state index contributed by atoms with van der Waals surface area (Å²) in [5.74, 6) is -2.48. The van der Waals surface area contributed by atoms with Gasteiger partial charge in [-0.3, -0.25) is 14.9 Å². The van der Waals surface area contributed by atoms with Crippen molar-refractivity contribution in [3.63, 3.8) is 0 Å². The average Bonchev–Trinajstić information content (AvgIpc) is 2.48. The summed E-state index contributed by atoms with van der Waals surface area (Å²) < 4.78 is 0. The molecule has 0 fully saturated rings. The molecule has 10 heteroatoms. The molecule has 10 nitrogen and oxygen atoms in total. The monoisotopic (exact) mass is 381 g/mol. The Balaban J connectivity index is 3.14. The predicted molar refractivity (Wildman–Crippen MR) is 96.7 cm³/mol. The van der Waals surface area contributed by atoms with Crippen molar-refractivity contribution in [1.29, 1.82) is 0 Å². The Hall–Kier alpha value is -3.17. The zero-order valence-corrected chi connectivity index (χ0v) is 15.6. The first kappa shape index (κ1) is 21.9. The molecule has 1 aromatic carbocycles. The molecule has 0 aliphatic carbocycles. The van der Waals surface area contributed by atoms with E-state index in [9.17, 15) is 29.6 Å². The van der Waals surface area contributed by atoms with Gasteiger partial charge in [-0.25, -0.2) is 9.59 Å². The van der Waals surface area contributed by atoms with Crippen LogP contribution in [-0.4, -0.2) is 49.6 Å². The standard InChI is InChI=1S/C17H23N3O7/c1-10-9-11(5-6-12(10)20(26)27)18-16(25)19(17(2,3)4)13(15(23)24)7-8-14(21)22/h5-6,9,13H,7-8H2,1-4H3,(H,18,25)(H,21,22)(H,23,24)/t13-/m0/s1. The Labute approximate surface area is 155 Å². The van der Waals surface area contributed by atoms with Crippen molar-refractivity contribution in [2.75, 3.05) is 5.32 Å². The Morgan fingerprint density at radius 3 is 2.26 bits per heavy atom. The van der Waals surface area contributed by atoms with Crippen molar-refractivity contribution in [3.8, 4) is 0 Å². The van der Waals surface area contributed by atoms with Crippen molar-refractivity contribution < 1.29 is 29.5 Å². The molecule has 0 aliphatic heterocycles. The van der Waals surface area contributed by atoms with Crippen LogP contribution in [0, 0.1) is 17.0 Å². The summed E-state index contributed by atoms with van der Waals surface area (Å²) in [5, 5.41) is 31.7. The molecule has 2 amide bonds. The molecule has 1 atom stereocenters. The van der Waals surface area contributed by atoms with Crippen LogP contribution in [0.25, 0.3) is 0 Å². The smallest absolute Gasteiger partial charge is 0.326 e. The highest BCUT2D eigenvalue weighted by atomic mass is 16.6. The number of urea groups is 1. The van der Waals surface area contributed by atoms with E-state index in [0.29, 0.717) is 5.56 Å². The van der Waals surface area contributed by atoms with Crippen molar-refractivity contribution >= 4 is 29.3 Å². The highest BCUT2D eigenvalue weighted by Gasteiger charge is 2.37. The Kier molecular flexibility index (Phi) is 6.87. The van der Waals surface area contributed by atoms with Gasteiger partial charge in [-0.1, -0.05) is 0 Å². The Morgan fingerprint density at radius 2 is 1.85 bits per heavy atom. The molecule has 0 radical (unpaired) electrons. The quantitative estimate of drug-likeness (QED) is 0.485. The van der Waals surface area contributed by atoms with Gasteiger partial charge in [-0.15, -0.1) is 0 Å². The van der Waals surface area contributed by atoms with Crippen molar-refractivity contribution in [1.82, 2.24) is 4.90 Å². The molecule has 0 aliphatic rings. The third-order valence-electron chi connectivity index (χ3n) is 3.81. The number of carboxylic acids is 2. The number of aryl methyl sites for hydroxylation is 1. The van der Waals surface area contributed by atoms with Crippen LogP contribution in [0.15, 0.2) is 18.2 Å². The number of nitrogens with one attached hydrogen (secondary N) is 1. The van der Waals surface area contributed by atoms with E-state index in [1.807, 2.05) is 0 Å². The fourth-order valence-corrected chi connectivity index (χ4v) is 2.66. The third-order valence-corrected chi connectivity index (χ3v) is 3.81. The predicted octanol–water partition coefficient (Wildman–Crippen LogP) is 2.85. The number of anilines is 1. The van der Waals surface area contributed by atoms with Gasteiger partial charge in [0.1, 0.15) is 6.04 Å². The van der Waals surface area contributed by atoms with E-state index >= 15 is 0 Å².